The number of carbonyl (C=O) groups is 2. The molecule has 9 nitrogen and oxygen atoms in total. The SMILES string of the molecule is CCC(=O)NC1CCCN(C(=O)Nc2cccc(Cn3nc4ccccn4c3=O)c2)C1. The number of nitrogens with zero attached hydrogens (tertiary/aromatic N) is 4. The molecule has 0 aliphatic carbocycles. The van der Waals surface area contributed by atoms with Crippen LogP contribution in [0.3, 0.4) is 0 Å². The summed E-state index contributed by atoms with van der Waals surface area (Å²) in [6, 6.07) is 12.6. The number of urea groups is 1. The van der Waals surface area contributed by atoms with Gasteiger partial charge in [-0.3, -0.25) is 9.20 Å². The highest BCUT2D eigenvalue weighted by Gasteiger charge is 2.24. The highest BCUT2D eigenvalue weighted by atomic mass is 16.2. The Balaban J connectivity index is 1.42. The quantitative estimate of drug-likeness (QED) is 0.657. The molecule has 0 radical (unpaired) electrons. The minimum atomic E-state index is -0.210. The lowest BCUT2D eigenvalue weighted by Crippen LogP contribution is -2.50. The topological polar surface area (TPSA) is 101 Å². The van der Waals surface area contributed by atoms with E-state index in [4.69, 9.17) is 0 Å². The smallest absolute Gasteiger partial charge is 0.350 e. The standard InChI is InChI=1S/C22H26N6O3/c1-2-20(29)23-18-9-6-11-26(15-18)21(30)24-17-8-5-7-16(13-17)14-28-22(31)27-12-4-3-10-19(27)25-28/h3-5,7-8,10,12-13,18H,2,6,9,11,14-15H2,1H3,(H,23,29)(H,24,30). The first-order valence-electron chi connectivity index (χ1n) is 10.5. The molecule has 31 heavy (non-hydrogen) atoms. The second kappa shape index (κ2) is 9.03. The number of rotatable bonds is 5. The summed E-state index contributed by atoms with van der Waals surface area (Å²) < 4.78 is 2.90. The Kier molecular flexibility index (Phi) is 6.01. The van der Waals surface area contributed by atoms with Crippen LogP contribution in [-0.2, 0) is 11.3 Å². The highest BCUT2D eigenvalue weighted by Crippen LogP contribution is 2.15. The predicted molar refractivity (Wildman–Crippen MR) is 117 cm³/mol. The number of anilines is 1. The Bertz CT molecular complexity index is 1150. The van der Waals surface area contributed by atoms with Gasteiger partial charge in [-0.25, -0.2) is 14.3 Å². The molecule has 3 amide bonds. The van der Waals surface area contributed by atoms with Crippen molar-refractivity contribution in [2.24, 2.45) is 0 Å². The van der Waals surface area contributed by atoms with Crippen LogP contribution >= 0.6 is 0 Å². The van der Waals surface area contributed by atoms with E-state index in [0.717, 1.165) is 18.4 Å². The van der Waals surface area contributed by atoms with Crippen molar-refractivity contribution in [3.8, 4) is 0 Å². The van der Waals surface area contributed by atoms with Crippen molar-refractivity contribution in [1.29, 1.82) is 0 Å². The second-order valence-corrected chi connectivity index (χ2v) is 7.71. The van der Waals surface area contributed by atoms with E-state index < -0.39 is 0 Å². The summed E-state index contributed by atoms with van der Waals surface area (Å²) >= 11 is 0. The van der Waals surface area contributed by atoms with Gasteiger partial charge in [0.15, 0.2) is 5.65 Å². The van der Waals surface area contributed by atoms with Crippen molar-refractivity contribution < 1.29 is 9.59 Å². The van der Waals surface area contributed by atoms with Gasteiger partial charge in [-0.1, -0.05) is 25.1 Å². The van der Waals surface area contributed by atoms with Crippen LogP contribution in [0, 0.1) is 0 Å². The Morgan fingerprint density at radius 2 is 2.06 bits per heavy atom. The minimum absolute atomic E-state index is 0.00199. The number of fused-ring (bicyclic) bond motifs is 1. The van der Waals surface area contributed by atoms with Gasteiger partial charge in [0.2, 0.25) is 5.91 Å². The van der Waals surface area contributed by atoms with E-state index in [0.29, 0.717) is 37.4 Å². The van der Waals surface area contributed by atoms with Crippen molar-refractivity contribution in [3.63, 3.8) is 0 Å². The molecule has 9 heteroatoms. The third kappa shape index (κ3) is 4.76. The van der Waals surface area contributed by atoms with Gasteiger partial charge in [0.25, 0.3) is 0 Å². The Labute approximate surface area is 179 Å². The fourth-order valence-electron chi connectivity index (χ4n) is 3.80. The largest absolute Gasteiger partial charge is 0.352 e. The summed E-state index contributed by atoms with van der Waals surface area (Å²) in [5.41, 5.74) is 1.89. The van der Waals surface area contributed by atoms with E-state index in [1.807, 2.05) is 37.3 Å². The van der Waals surface area contributed by atoms with Crippen molar-refractivity contribution in [1.82, 2.24) is 24.4 Å². The molecular formula is C22H26N6O3. The lowest BCUT2D eigenvalue weighted by molar-refractivity contribution is -0.121. The van der Waals surface area contributed by atoms with Gasteiger partial charge in [-0.15, -0.1) is 5.10 Å². The molecule has 4 rings (SSSR count). The number of likely N-dealkylation sites (tertiary alicyclic amines) is 1. The van der Waals surface area contributed by atoms with Crippen LogP contribution in [0.5, 0.6) is 0 Å². The summed E-state index contributed by atoms with van der Waals surface area (Å²) in [6.07, 6.45) is 3.84. The fraction of sp³-hybridized carbons (Fsp3) is 0.364. The van der Waals surface area contributed by atoms with Crippen LogP contribution in [-0.4, -0.2) is 50.2 Å². The number of nitrogens with one attached hydrogen (secondary N) is 2. The number of pyridine rings is 1. The molecule has 1 aromatic carbocycles. The Hall–Kier alpha value is -3.62. The second-order valence-electron chi connectivity index (χ2n) is 7.71. The van der Waals surface area contributed by atoms with Crippen LogP contribution < -0.4 is 16.3 Å². The molecule has 1 fully saturated rings. The number of aromatic nitrogens is 3. The zero-order valence-electron chi connectivity index (χ0n) is 17.5. The number of amides is 3. The van der Waals surface area contributed by atoms with Gasteiger partial charge in [0, 0.05) is 37.4 Å². The molecule has 1 unspecified atom stereocenters. The molecule has 1 saturated heterocycles. The van der Waals surface area contributed by atoms with E-state index in [9.17, 15) is 14.4 Å². The molecule has 1 aliphatic heterocycles. The maximum absolute atomic E-state index is 12.7. The van der Waals surface area contributed by atoms with Gasteiger partial charge in [-0.05, 0) is 42.7 Å². The molecule has 1 atom stereocenters. The molecule has 0 bridgehead atoms. The number of carbonyl (C=O) groups excluding carboxylic acids is 2. The number of hydrogen-bond acceptors (Lipinski definition) is 4. The number of benzene rings is 1. The predicted octanol–water partition coefficient (Wildman–Crippen LogP) is 2.07. The van der Waals surface area contributed by atoms with Gasteiger partial charge < -0.3 is 15.5 Å². The third-order valence-electron chi connectivity index (χ3n) is 5.39. The van der Waals surface area contributed by atoms with Gasteiger partial charge in [0.1, 0.15) is 0 Å². The van der Waals surface area contributed by atoms with E-state index in [-0.39, 0.29) is 23.7 Å². The maximum Gasteiger partial charge on any atom is 0.350 e. The van der Waals surface area contributed by atoms with Crippen LogP contribution in [0.4, 0.5) is 10.5 Å². The highest BCUT2D eigenvalue weighted by molar-refractivity contribution is 5.89. The van der Waals surface area contributed by atoms with E-state index >= 15 is 0 Å². The van der Waals surface area contributed by atoms with E-state index in [1.165, 1.54) is 9.08 Å². The van der Waals surface area contributed by atoms with Crippen molar-refractivity contribution in [3.05, 3.63) is 64.7 Å². The Morgan fingerprint density at radius 1 is 1.19 bits per heavy atom. The van der Waals surface area contributed by atoms with Crippen LogP contribution in [0.2, 0.25) is 0 Å². The maximum atomic E-state index is 12.7. The molecule has 162 valence electrons. The fourth-order valence-corrected chi connectivity index (χ4v) is 3.80. The molecule has 3 heterocycles. The average Bonchev–Trinajstić information content (AvgIpc) is 3.09. The summed E-state index contributed by atoms with van der Waals surface area (Å²) in [4.78, 5) is 38.6. The van der Waals surface area contributed by atoms with Crippen LogP contribution in [0.15, 0.2) is 53.5 Å². The van der Waals surface area contributed by atoms with E-state index in [1.54, 1.807) is 23.2 Å². The first-order chi connectivity index (χ1) is 15.0. The third-order valence-corrected chi connectivity index (χ3v) is 5.39. The molecule has 0 spiro atoms. The van der Waals surface area contributed by atoms with Crippen LogP contribution in [0.25, 0.3) is 5.65 Å². The number of hydrogen-bond donors (Lipinski definition) is 2. The first-order valence-corrected chi connectivity index (χ1v) is 10.5. The molecule has 2 aromatic heterocycles. The summed E-state index contributed by atoms with van der Waals surface area (Å²) in [5.74, 6) is 0.00199. The first kappa shape index (κ1) is 20.6. The molecule has 2 N–H and O–H groups in total. The minimum Gasteiger partial charge on any atom is -0.352 e. The average molecular weight is 422 g/mol. The monoisotopic (exact) mass is 422 g/mol. The van der Waals surface area contributed by atoms with Crippen LogP contribution in [0.1, 0.15) is 31.7 Å². The zero-order valence-corrected chi connectivity index (χ0v) is 17.5. The molecule has 0 saturated carbocycles. The molecule has 3 aromatic rings. The van der Waals surface area contributed by atoms with Gasteiger partial charge >= 0.3 is 11.7 Å². The summed E-state index contributed by atoms with van der Waals surface area (Å²) in [7, 11) is 0. The van der Waals surface area contributed by atoms with Crippen molar-refractivity contribution in [2.45, 2.75) is 38.8 Å². The zero-order chi connectivity index (χ0) is 21.8. The van der Waals surface area contributed by atoms with Gasteiger partial charge in [-0.2, -0.15) is 0 Å². The normalized spacial score (nSPS) is 16.3. The lowest BCUT2D eigenvalue weighted by atomic mass is 10.1. The lowest BCUT2D eigenvalue weighted by Gasteiger charge is -2.33. The van der Waals surface area contributed by atoms with Gasteiger partial charge in [0.05, 0.1) is 6.54 Å². The molecular weight excluding hydrogens is 396 g/mol. The number of piperidine rings is 1. The van der Waals surface area contributed by atoms with E-state index in [2.05, 4.69) is 15.7 Å². The van der Waals surface area contributed by atoms with Crippen molar-refractivity contribution in [2.75, 3.05) is 18.4 Å². The summed E-state index contributed by atoms with van der Waals surface area (Å²) in [5, 5.41) is 10.2. The Morgan fingerprint density at radius 3 is 2.87 bits per heavy atom. The van der Waals surface area contributed by atoms with Crippen molar-refractivity contribution >= 4 is 23.3 Å². The summed E-state index contributed by atoms with van der Waals surface area (Å²) in [6.45, 7) is 3.27. The molecule has 1 aliphatic rings.